The van der Waals surface area contributed by atoms with E-state index in [1.54, 1.807) is 0 Å². The van der Waals surface area contributed by atoms with Crippen LogP contribution in [0.2, 0.25) is 0 Å². The van der Waals surface area contributed by atoms with E-state index in [1.165, 1.54) is 5.56 Å². The minimum Gasteiger partial charge on any atom is -0.463 e. The third kappa shape index (κ3) is 5.13. The molecule has 21 heavy (non-hydrogen) atoms. The van der Waals surface area contributed by atoms with Crippen LogP contribution in [0.1, 0.15) is 51.2 Å². The van der Waals surface area contributed by atoms with Crippen molar-refractivity contribution in [2.45, 2.75) is 65.8 Å². The summed E-state index contributed by atoms with van der Waals surface area (Å²) in [6.07, 6.45) is 1.45. The third-order valence-corrected chi connectivity index (χ3v) is 3.91. The van der Waals surface area contributed by atoms with Crippen molar-refractivity contribution in [2.24, 2.45) is 0 Å². The van der Waals surface area contributed by atoms with Crippen LogP contribution in [0.3, 0.4) is 0 Å². The number of rotatable bonds is 5. The molecule has 2 rings (SSSR count). The van der Waals surface area contributed by atoms with Crippen molar-refractivity contribution in [3.63, 3.8) is 0 Å². The Morgan fingerprint density at radius 3 is 2.81 bits per heavy atom. The fraction of sp³-hybridized carbons (Fsp3) is 0.765. The minimum atomic E-state index is 0.109. The quantitative estimate of drug-likeness (QED) is 0.905. The largest absolute Gasteiger partial charge is 0.463 e. The Labute approximate surface area is 128 Å². The maximum Gasteiger partial charge on any atom is 0.120 e. The maximum absolute atomic E-state index is 6.04. The second-order valence-electron chi connectivity index (χ2n) is 7.06. The van der Waals surface area contributed by atoms with E-state index in [0.717, 1.165) is 50.7 Å². The van der Waals surface area contributed by atoms with Crippen LogP contribution in [0.15, 0.2) is 10.5 Å². The highest BCUT2D eigenvalue weighted by Gasteiger charge is 2.20. The highest BCUT2D eigenvalue weighted by molar-refractivity contribution is 5.20. The number of ether oxygens (including phenoxy) is 1. The number of hydrogen-bond acceptors (Lipinski definition) is 4. The smallest absolute Gasteiger partial charge is 0.120 e. The van der Waals surface area contributed by atoms with Gasteiger partial charge in [-0.2, -0.15) is 0 Å². The Morgan fingerprint density at radius 1 is 1.38 bits per heavy atom. The van der Waals surface area contributed by atoms with Gasteiger partial charge in [-0.25, -0.2) is 0 Å². The highest BCUT2D eigenvalue weighted by atomic mass is 16.5. The predicted octanol–water partition coefficient (Wildman–Crippen LogP) is 3.09. The lowest BCUT2D eigenvalue weighted by Crippen LogP contribution is -2.41. The molecule has 0 aliphatic carbocycles. The van der Waals surface area contributed by atoms with E-state index in [2.05, 4.69) is 50.9 Å². The summed E-state index contributed by atoms with van der Waals surface area (Å²) in [6.45, 7) is 15.3. The summed E-state index contributed by atoms with van der Waals surface area (Å²) in [5.74, 6) is 2.12. The van der Waals surface area contributed by atoms with Gasteiger partial charge in [-0.15, -0.1) is 0 Å². The minimum absolute atomic E-state index is 0.109. The number of hydrogen-bond donors (Lipinski definition) is 1. The van der Waals surface area contributed by atoms with Gasteiger partial charge in [0.1, 0.15) is 11.5 Å². The van der Waals surface area contributed by atoms with Crippen molar-refractivity contribution in [1.29, 1.82) is 0 Å². The van der Waals surface area contributed by atoms with Crippen LogP contribution in [0.25, 0.3) is 0 Å². The average molecular weight is 294 g/mol. The first-order chi connectivity index (χ1) is 9.87. The maximum atomic E-state index is 6.04. The van der Waals surface area contributed by atoms with Crippen molar-refractivity contribution in [2.75, 3.05) is 19.7 Å². The standard InChI is InChI=1S/C17H30N2O2/c1-6-14-11-19(7-8-20-14)12-15-9-13(2)16(21-15)10-18-17(3,4)5/h9,14,18H,6-8,10-12H2,1-5H3. The van der Waals surface area contributed by atoms with Crippen LogP contribution < -0.4 is 5.32 Å². The van der Waals surface area contributed by atoms with Crippen LogP contribution in [-0.2, 0) is 17.8 Å². The molecular weight excluding hydrogens is 264 g/mol. The molecule has 120 valence electrons. The van der Waals surface area contributed by atoms with Gasteiger partial charge in [-0.3, -0.25) is 4.90 Å². The van der Waals surface area contributed by atoms with Crippen LogP contribution in [-0.4, -0.2) is 36.2 Å². The lowest BCUT2D eigenvalue weighted by molar-refractivity contribution is -0.0342. The highest BCUT2D eigenvalue weighted by Crippen LogP contribution is 2.19. The Kier molecular flexibility index (Phi) is 5.47. The fourth-order valence-electron chi connectivity index (χ4n) is 2.58. The number of morpholine rings is 1. The van der Waals surface area contributed by atoms with Crippen molar-refractivity contribution in [1.82, 2.24) is 10.2 Å². The molecule has 1 aliphatic rings. The van der Waals surface area contributed by atoms with Gasteiger partial charge in [0.05, 0.1) is 25.8 Å². The Bertz CT molecular complexity index is 448. The third-order valence-electron chi connectivity index (χ3n) is 3.91. The average Bonchev–Trinajstić information content (AvgIpc) is 2.76. The normalized spacial score (nSPS) is 20.9. The van der Waals surface area contributed by atoms with Gasteiger partial charge >= 0.3 is 0 Å². The first kappa shape index (κ1) is 16.5. The zero-order chi connectivity index (χ0) is 15.5. The fourth-order valence-corrected chi connectivity index (χ4v) is 2.58. The predicted molar refractivity (Wildman–Crippen MR) is 85.3 cm³/mol. The summed E-state index contributed by atoms with van der Waals surface area (Å²) in [5, 5.41) is 3.48. The van der Waals surface area contributed by atoms with Crippen molar-refractivity contribution < 1.29 is 9.15 Å². The molecule has 2 heterocycles. The number of nitrogens with zero attached hydrogens (tertiary/aromatic N) is 1. The topological polar surface area (TPSA) is 37.6 Å². The van der Waals surface area contributed by atoms with Gasteiger partial charge in [0.2, 0.25) is 0 Å². The van der Waals surface area contributed by atoms with Gasteiger partial charge in [0, 0.05) is 18.6 Å². The van der Waals surface area contributed by atoms with Crippen LogP contribution in [0.4, 0.5) is 0 Å². The van der Waals surface area contributed by atoms with E-state index in [-0.39, 0.29) is 5.54 Å². The second-order valence-corrected chi connectivity index (χ2v) is 7.06. The summed E-state index contributed by atoms with van der Waals surface area (Å²) >= 11 is 0. The van der Waals surface area contributed by atoms with E-state index >= 15 is 0 Å². The molecule has 1 aromatic heterocycles. The monoisotopic (exact) mass is 294 g/mol. The van der Waals surface area contributed by atoms with E-state index in [9.17, 15) is 0 Å². The molecule has 0 spiro atoms. The molecule has 1 N–H and O–H groups in total. The molecule has 0 saturated carbocycles. The van der Waals surface area contributed by atoms with Gasteiger partial charge in [0.25, 0.3) is 0 Å². The molecule has 1 aliphatic heterocycles. The molecule has 0 bridgehead atoms. The van der Waals surface area contributed by atoms with Crippen molar-refractivity contribution in [3.05, 3.63) is 23.2 Å². The SMILES string of the molecule is CCC1CN(Cc2cc(C)c(CNC(C)(C)C)o2)CCO1. The molecule has 1 unspecified atom stereocenters. The second kappa shape index (κ2) is 6.95. The van der Waals surface area contributed by atoms with Crippen LogP contribution in [0, 0.1) is 6.92 Å². The Balaban J connectivity index is 1.92. The summed E-state index contributed by atoms with van der Waals surface area (Å²) in [4.78, 5) is 2.43. The van der Waals surface area contributed by atoms with Gasteiger partial charge in [-0.1, -0.05) is 6.92 Å². The Hall–Kier alpha value is -0.840. The van der Waals surface area contributed by atoms with E-state index in [4.69, 9.17) is 9.15 Å². The van der Waals surface area contributed by atoms with Gasteiger partial charge in [0.15, 0.2) is 0 Å². The molecule has 1 fully saturated rings. The zero-order valence-corrected chi connectivity index (χ0v) is 14.2. The molecule has 4 nitrogen and oxygen atoms in total. The molecular formula is C17H30N2O2. The van der Waals surface area contributed by atoms with E-state index < -0.39 is 0 Å². The van der Waals surface area contributed by atoms with Gasteiger partial charge < -0.3 is 14.5 Å². The first-order valence-corrected chi connectivity index (χ1v) is 8.04. The molecule has 1 aromatic rings. The van der Waals surface area contributed by atoms with E-state index in [0.29, 0.717) is 6.10 Å². The lowest BCUT2D eigenvalue weighted by atomic mass is 10.1. The summed E-state index contributed by atoms with van der Waals surface area (Å²) in [5.41, 5.74) is 1.35. The molecule has 1 atom stereocenters. The van der Waals surface area contributed by atoms with Crippen LogP contribution >= 0.6 is 0 Å². The first-order valence-electron chi connectivity index (χ1n) is 8.04. The Morgan fingerprint density at radius 2 is 2.14 bits per heavy atom. The molecule has 0 amide bonds. The van der Waals surface area contributed by atoms with E-state index in [1.807, 2.05) is 0 Å². The van der Waals surface area contributed by atoms with Gasteiger partial charge in [-0.05, 0) is 45.7 Å². The van der Waals surface area contributed by atoms with Crippen molar-refractivity contribution >= 4 is 0 Å². The van der Waals surface area contributed by atoms with Crippen molar-refractivity contribution in [3.8, 4) is 0 Å². The molecule has 0 radical (unpaired) electrons. The van der Waals surface area contributed by atoms with Crippen LogP contribution in [0.5, 0.6) is 0 Å². The number of aryl methyl sites for hydroxylation is 1. The molecule has 1 saturated heterocycles. The number of nitrogens with one attached hydrogen (secondary N) is 1. The summed E-state index contributed by atoms with van der Waals surface area (Å²) in [6, 6.07) is 2.18. The number of furan rings is 1. The molecule has 4 heteroatoms. The zero-order valence-electron chi connectivity index (χ0n) is 14.2. The summed E-state index contributed by atoms with van der Waals surface area (Å²) < 4.78 is 11.8. The molecule has 0 aromatic carbocycles. The summed E-state index contributed by atoms with van der Waals surface area (Å²) in [7, 11) is 0. The lowest BCUT2D eigenvalue weighted by Gasteiger charge is -2.31.